The van der Waals surface area contributed by atoms with Gasteiger partial charge in [0.25, 0.3) is 0 Å². The summed E-state index contributed by atoms with van der Waals surface area (Å²) < 4.78 is 18.9. The first kappa shape index (κ1) is 24.3. The summed E-state index contributed by atoms with van der Waals surface area (Å²) in [5.74, 6) is 1.74. The Hall–Kier alpha value is -2.45. The Bertz CT molecular complexity index is 951. The van der Waals surface area contributed by atoms with Gasteiger partial charge in [0.2, 0.25) is 5.91 Å². The van der Waals surface area contributed by atoms with E-state index in [1.54, 1.807) is 0 Å². The molecule has 1 aromatic carbocycles. The fraction of sp³-hybridized carbons (Fsp3) is 0.630. The van der Waals surface area contributed by atoms with Gasteiger partial charge in [-0.2, -0.15) is 0 Å². The first-order valence-corrected chi connectivity index (χ1v) is 13.3. The molecule has 3 fully saturated rings. The predicted molar refractivity (Wildman–Crippen MR) is 134 cm³/mol. The highest BCUT2D eigenvalue weighted by Crippen LogP contribution is 2.28. The molecule has 0 unspecified atom stereocenters. The Morgan fingerprint density at radius 3 is 2.57 bits per heavy atom. The maximum atomic E-state index is 13.2. The second kappa shape index (κ2) is 11.5. The Kier molecular flexibility index (Phi) is 7.99. The number of carbonyl (C=O) groups excluding carboxylic acids is 1. The molecular weight excluding hydrogens is 445 g/mol. The van der Waals surface area contributed by atoms with Gasteiger partial charge in [0.15, 0.2) is 5.76 Å². The highest BCUT2D eigenvalue weighted by Gasteiger charge is 2.31. The van der Waals surface area contributed by atoms with Crippen molar-refractivity contribution in [2.24, 2.45) is 11.8 Å². The zero-order valence-corrected chi connectivity index (χ0v) is 20.6. The molecular formula is C27H38FN5O2. The van der Waals surface area contributed by atoms with Gasteiger partial charge in [-0.3, -0.25) is 9.69 Å². The Morgan fingerprint density at radius 1 is 1.03 bits per heavy atom. The van der Waals surface area contributed by atoms with Gasteiger partial charge in [-0.1, -0.05) is 11.6 Å². The standard InChI is InChI=1S/C27H38FN5O2/c28-23-4-6-25(7-5-23)32-12-14-33(15-13-32)27(34)17-21-8-9-29-19-22(21)16-24-18-26(35-30-24)20-31-10-2-1-3-11-31/h4-7,18,21-22,29H,1-3,8-17,19-20H2/t21-,22-/m0/s1. The lowest BCUT2D eigenvalue weighted by Gasteiger charge is -2.38. The first-order valence-electron chi connectivity index (χ1n) is 13.3. The monoisotopic (exact) mass is 483 g/mol. The highest BCUT2D eigenvalue weighted by atomic mass is 19.1. The van der Waals surface area contributed by atoms with Crippen LogP contribution < -0.4 is 10.2 Å². The van der Waals surface area contributed by atoms with Crippen molar-refractivity contribution in [1.29, 1.82) is 0 Å². The Morgan fingerprint density at radius 2 is 1.80 bits per heavy atom. The number of aromatic nitrogens is 1. The van der Waals surface area contributed by atoms with Crippen LogP contribution in [-0.4, -0.2) is 73.2 Å². The zero-order chi connectivity index (χ0) is 24.0. The number of rotatable bonds is 7. The summed E-state index contributed by atoms with van der Waals surface area (Å²) in [7, 11) is 0. The van der Waals surface area contributed by atoms with E-state index in [0.717, 1.165) is 88.9 Å². The van der Waals surface area contributed by atoms with E-state index in [-0.39, 0.29) is 11.7 Å². The molecule has 3 aliphatic heterocycles. The van der Waals surface area contributed by atoms with E-state index < -0.39 is 0 Å². The maximum Gasteiger partial charge on any atom is 0.222 e. The number of benzene rings is 1. The van der Waals surface area contributed by atoms with Crippen LogP contribution in [0.3, 0.4) is 0 Å². The minimum atomic E-state index is -0.220. The van der Waals surface area contributed by atoms with Gasteiger partial charge in [-0.25, -0.2) is 4.39 Å². The van der Waals surface area contributed by atoms with E-state index in [9.17, 15) is 9.18 Å². The number of hydrogen-bond acceptors (Lipinski definition) is 6. The molecule has 5 rings (SSSR count). The molecule has 0 radical (unpaired) electrons. The van der Waals surface area contributed by atoms with Crippen LogP contribution in [0.4, 0.5) is 10.1 Å². The van der Waals surface area contributed by atoms with Crippen LogP contribution in [0.25, 0.3) is 0 Å². The Labute approximate surface area is 207 Å². The fourth-order valence-electron chi connectivity index (χ4n) is 5.84. The molecule has 0 saturated carbocycles. The molecule has 1 aromatic heterocycles. The summed E-state index contributed by atoms with van der Waals surface area (Å²) in [5.41, 5.74) is 2.03. The minimum Gasteiger partial charge on any atom is -0.368 e. The van der Waals surface area contributed by atoms with Gasteiger partial charge in [0, 0.05) is 44.4 Å². The number of nitrogens with one attached hydrogen (secondary N) is 1. The molecule has 1 amide bonds. The molecule has 0 aliphatic carbocycles. The minimum absolute atomic E-state index is 0.220. The molecule has 8 heteroatoms. The average molecular weight is 484 g/mol. The summed E-state index contributed by atoms with van der Waals surface area (Å²) in [4.78, 5) is 19.9. The van der Waals surface area contributed by atoms with Crippen LogP contribution in [0.2, 0.25) is 0 Å². The van der Waals surface area contributed by atoms with Crippen molar-refractivity contribution in [1.82, 2.24) is 20.3 Å². The number of likely N-dealkylation sites (tertiary alicyclic amines) is 1. The molecule has 4 heterocycles. The van der Waals surface area contributed by atoms with Gasteiger partial charge in [0.05, 0.1) is 12.2 Å². The SMILES string of the molecule is O=C(C[C@@H]1CCNC[C@@H]1Cc1cc(CN2CCCCC2)on1)N1CCN(c2ccc(F)cc2)CC1. The summed E-state index contributed by atoms with van der Waals surface area (Å²) in [6.07, 6.45) is 6.34. The van der Waals surface area contributed by atoms with Crippen LogP contribution in [0.15, 0.2) is 34.9 Å². The first-order chi connectivity index (χ1) is 17.1. The second-order valence-corrected chi connectivity index (χ2v) is 10.4. The molecule has 0 spiro atoms. The summed E-state index contributed by atoms with van der Waals surface area (Å²) in [5, 5.41) is 7.88. The van der Waals surface area contributed by atoms with Gasteiger partial charge in [-0.15, -0.1) is 0 Å². The van der Waals surface area contributed by atoms with Crippen LogP contribution >= 0.6 is 0 Å². The van der Waals surface area contributed by atoms with E-state index in [1.807, 2.05) is 17.0 Å². The third-order valence-electron chi connectivity index (χ3n) is 7.93. The van der Waals surface area contributed by atoms with Gasteiger partial charge in [-0.05, 0) is 88.0 Å². The lowest BCUT2D eigenvalue weighted by Crippen LogP contribution is -2.50. The molecule has 1 N–H and O–H groups in total. The van der Waals surface area contributed by atoms with E-state index in [4.69, 9.17) is 4.52 Å². The van der Waals surface area contributed by atoms with Crippen molar-refractivity contribution < 1.29 is 13.7 Å². The average Bonchev–Trinajstić information content (AvgIpc) is 3.33. The van der Waals surface area contributed by atoms with Gasteiger partial charge < -0.3 is 19.6 Å². The van der Waals surface area contributed by atoms with Crippen LogP contribution in [0.1, 0.15) is 43.6 Å². The number of carbonyl (C=O) groups is 1. The van der Waals surface area contributed by atoms with Crippen LogP contribution in [0, 0.1) is 17.7 Å². The smallest absolute Gasteiger partial charge is 0.222 e. The molecule has 2 aromatic rings. The van der Waals surface area contributed by atoms with Crippen molar-refractivity contribution in [3.8, 4) is 0 Å². The molecule has 2 atom stereocenters. The third-order valence-corrected chi connectivity index (χ3v) is 7.93. The van der Waals surface area contributed by atoms with Crippen molar-refractivity contribution in [2.75, 3.05) is 57.3 Å². The molecule has 3 saturated heterocycles. The normalized spacial score (nSPS) is 24.0. The number of amides is 1. The predicted octanol–water partition coefficient (Wildman–Crippen LogP) is 3.31. The Balaban J connectivity index is 1.11. The maximum absolute atomic E-state index is 13.2. The quantitative estimate of drug-likeness (QED) is 0.652. The summed E-state index contributed by atoms with van der Waals surface area (Å²) >= 11 is 0. The van der Waals surface area contributed by atoms with Crippen molar-refractivity contribution in [2.45, 2.75) is 45.1 Å². The number of anilines is 1. The van der Waals surface area contributed by atoms with E-state index in [0.29, 0.717) is 18.3 Å². The summed E-state index contributed by atoms with van der Waals surface area (Å²) in [6, 6.07) is 8.74. The second-order valence-electron chi connectivity index (χ2n) is 10.4. The largest absolute Gasteiger partial charge is 0.368 e. The zero-order valence-electron chi connectivity index (χ0n) is 20.6. The molecule has 35 heavy (non-hydrogen) atoms. The van der Waals surface area contributed by atoms with E-state index in [2.05, 4.69) is 26.3 Å². The highest BCUT2D eigenvalue weighted by molar-refractivity contribution is 5.77. The van der Waals surface area contributed by atoms with Crippen molar-refractivity contribution in [3.63, 3.8) is 0 Å². The molecule has 7 nitrogen and oxygen atoms in total. The van der Waals surface area contributed by atoms with Gasteiger partial charge >= 0.3 is 0 Å². The van der Waals surface area contributed by atoms with Crippen LogP contribution in [-0.2, 0) is 17.8 Å². The van der Waals surface area contributed by atoms with Crippen LogP contribution in [0.5, 0.6) is 0 Å². The molecule has 3 aliphatic rings. The summed E-state index contributed by atoms with van der Waals surface area (Å²) in [6.45, 7) is 8.02. The van der Waals surface area contributed by atoms with Crippen molar-refractivity contribution >= 4 is 11.6 Å². The number of piperazine rings is 1. The topological polar surface area (TPSA) is 64.9 Å². The lowest BCUT2D eigenvalue weighted by molar-refractivity contribution is -0.133. The number of piperidine rings is 2. The molecule has 0 bridgehead atoms. The lowest BCUT2D eigenvalue weighted by atomic mass is 9.81. The number of hydrogen-bond donors (Lipinski definition) is 1. The molecule has 190 valence electrons. The number of nitrogens with zero attached hydrogens (tertiary/aromatic N) is 4. The van der Waals surface area contributed by atoms with Gasteiger partial charge in [0.1, 0.15) is 5.82 Å². The third kappa shape index (κ3) is 6.41. The fourth-order valence-corrected chi connectivity index (χ4v) is 5.84. The van der Waals surface area contributed by atoms with Crippen molar-refractivity contribution in [3.05, 3.63) is 47.6 Å². The van der Waals surface area contributed by atoms with E-state index in [1.165, 1.54) is 31.4 Å². The van der Waals surface area contributed by atoms with E-state index >= 15 is 0 Å². The number of halogens is 1.